The molecule has 1 fully saturated rings. The number of anilines is 1. The van der Waals surface area contributed by atoms with Crippen LogP contribution in [0.3, 0.4) is 0 Å². The van der Waals surface area contributed by atoms with Gasteiger partial charge < -0.3 is 10.5 Å². The smallest absolute Gasteiger partial charge is 0.0635 e. The van der Waals surface area contributed by atoms with Crippen molar-refractivity contribution in [2.24, 2.45) is 0 Å². The Balaban J connectivity index is 2.05. The average Bonchev–Trinajstić information content (AvgIpc) is 2.34. The van der Waals surface area contributed by atoms with Crippen molar-refractivity contribution in [3.63, 3.8) is 0 Å². The molecule has 1 heterocycles. The Morgan fingerprint density at radius 3 is 3.06 bits per heavy atom. The Bertz CT molecular complexity index is 384. The number of ether oxygens (including phenoxy) is 1. The third kappa shape index (κ3) is 3.12. The summed E-state index contributed by atoms with van der Waals surface area (Å²) in [6.07, 6.45) is 1.11. The summed E-state index contributed by atoms with van der Waals surface area (Å²) >= 11 is 5.92. The van der Waals surface area contributed by atoms with Gasteiger partial charge in [-0.15, -0.1) is 0 Å². The van der Waals surface area contributed by atoms with E-state index in [1.807, 2.05) is 18.2 Å². The summed E-state index contributed by atoms with van der Waals surface area (Å²) in [5.74, 6) is 0. The van der Waals surface area contributed by atoms with E-state index < -0.39 is 0 Å². The lowest BCUT2D eigenvalue weighted by Gasteiger charge is -2.35. The first-order valence-electron chi connectivity index (χ1n) is 6.06. The summed E-state index contributed by atoms with van der Waals surface area (Å²) in [7, 11) is 0. The number of hydrogen-bond donors (Lipinski definition) is 1. The van der Waals surface area contributed by atoms with Gasteiger partial charge in [0.05, 0.1) is 23.9 Å². The molecule has 3 nitrogen and oxygen atoms in total. The fourth-order valence-corrected chi connectivity index (χ4v) is 2.32. The van der Waals surface area contributed by atoms with E-state index in [-0.39, 0.29) is 0 Å². The normalized spacial score (nSPS) is 21.6. The van der Waals surface area contributed by atoms with Crippen LogP contribution in [-0.2, 0) is 11.3 Å². The summed E-state index contributed by atoms with van der Waals surface area (Å²) in [5, 5.41) is 0.628. The van der Waals surface area contributed by atoms with Crippen molar-refractivity contribution in [3.8, 4) is 0 Å². The van der Waals surface area contributed by atoms with E-state index in [4.69, 9.17) is 22.1 Å². The van der Waals surface area contributed by atoms with Crippen LogP contribution >= 0.6 is 11.6 Å². The van der Waals surface area contributed by atoms with Gasteiger partial charge in [0.2, 0.25) is 0 Å². The molecule has 1 unspecified atom stereocenters. The topological polar surface area (TPSA) is 38.5 Å². The van der Waals surface area contributed by atoms with Crippen molar-refractivity contribution in [2.75, 3.05) is 25.5 Å². The van der Waals surface area contributed by atoms with Crippen LogP contribution in [0, 0.1) is 0 Å². The molecule has 1 aliphatic heterocycles. The lowest BCUT2D eigenvalue weighted by atomic mass is 10.1. The van der Waals surface area contributed by atoms with Crippen molar-refractivity contribution in [2.45, 2.75) is 25.9 Å². The maximum atomic E-state index is 5.92. The Kier molecular flexibility index (Phi) is 4.26. The number of halogens is 1. The van der Waals surface area contributed by atoms with Gasteiger partial charge in [-0.2, -0.15) is 0 Å². The fraction of sp³-hybridized carbons (Fsp3) is 0.538. The van der Waals surface area contributed by atoms with Gasteiger partial charge in [-0.1, -0.05) is 24.6 Å². The van der Waals surface area contributed by atoms with Crippen molar-refractivity contribution in [1.29, 1.82) is 0 Å². The Labute approximate surface area is 107 Å². The average molecular weight is 255 g/mol. The predicted octanol–water partition coefficient (Wildman–Crippen LogP) is 2.53. The van der Waals surface area contributed by atoms with E-state index in [1.54, 1.807) is 0 Å². The van der Waals surface area contributed by atoms with Crippen LogP contribution in [0.25, 0.3) is 0 Å². The highest BCUT2D eigenvalue weighted by atomic mass is 35.5. The molecule has 1 aromatic carbocycles. The van der Waals surface area contributed by atoms with Crippen LogP contribution in [-0.4, -0.2) is 30.7 Å². The Hall–Kier alpha value is -0.770. The highest BCUT2D eigenvalue weighted by molar-refractivity contribution is 6.33. The quantitative estimate of drug-likeness (QED) is 0.843. The molecule has 0 saturated carbocycles. The lowest BCUT2D eigenvalue weighted by molar-refractivity contribution is -0.0127. The highest BCUT2D eigenvalue weighted by Gasteiger charge is 2.21. The zero-order chi connectivity index (χ0) is 12.3. The first kappa shape index (κ1) is 12.7. The molecule has 1 aromatic rings. The molecule has 1 atom stereocenters. The van der Waals surface area contributed by atoms with Crippen LogP contribution in [0.4, 0.5) is 5.69 Å². The largest absolute Gasteiger partial charge is 0.398 e. The zero-order valence-corrected chi connectivity index (χ0v) is 10.9. The molecular formula is C13H19ClN2O. The predicted molar refractivity (Wildman–Crippen MR) is 71.2 cm³/mol. The van der Waals surface area contributed by atoms with Crippen LogP contribution in [0.5, 0.6) is 0 Å². The molecule has 0 bridgehead atoms. The molecular weight excluding hydrogens is 236 g/mol. The highest BCUT2D eigenvalue weighted by Crippen LogP contribution is 2.22. The van der Waals surface area contributed by atoms with Gasteiger partial charge >= 0.3 is 0 Å². The second kappa shape index (κ2) is 5.71. The summed E-state index contributed by atoms with van der Waals surface area (Å²) in [6, 6.07) is 6.39. The van der Waals surface area contributed by atoms with E-state index in [0.29, 0.717) is 16.8 Å². The van der Waals surface area contributed by atoms with Gasteiger partial charge in [0.15, 0.2) is 0 Å². The molecule has 0 radical (unpaired) electrons. The van der Waals surface area contributed by atoms with E-state index in [9.17, 15) is 0 Å². The number of morpholine rings is 1. The Morgan fingerprint density at radius 1 is 1.53 bits per heavy atom. The number of nitrogens with zero attached hydrogens (tertiary/aromatic N) is 1. The second-order valence-electron chi connectivity index (χ2n) is 4.46. The number of rotatable bonds is 3. The van der Waals surface area contributed by atoms with Crippen molar-refractivity contribution in [1.82, 2.24) is 4.90 Å². The van der Waals surface area contributed by atoms with Crippen LogP contribution < -0.4 is 5.73 Å². The van der Waals surface area contributed by atoms with E-state index in [2.05, 4.69) is 11.8 Å². The van der Waals surface area contributed by atoms with E-state index in [1.165, 1.54) is 5.56 Å². The zero-order valence-electron chi connectivity index (χ0n) is 10.2. The van der Waals surface area contributed by atoms with Crippen LogP contribution in [0.2, 0.25) is 5.02 Å². The minimum absolute atomic E-state index is 0.514. The molecule has 2 rings (SSSR count). The molecule has 0 spiro atoms. The van der Waals surface area contributed by atoms with Crippen molar-refractivity contribution >= 4 is 17.3 Å². The maximum absolute atomic E-state index is 5.92. The standard InChI is InChI=1S/C13H19ClN2O/c1-2-11-9-17-6-5-16(11)8-10-3-4-12(14)13(15)7-10/h3-4,7,11H,2,5-6,8-9,15H2,1H3. The summed E-state index contributed by atoms with van der Waals surface area (Å²) < 4.78 is 5.50. The number of nitrogens with two attached hydrogens (primary N) is 1. The van der Waals surface area contributed by atoms with Crippen LogP contribution in [0.1, 0.15) is 18.9 Å². The third-order valence-corrected chi connectivity index (χ3v) is 3.61. The van der Waals surface area contributed by atoms with E-state index >= 15 is 0 Å². The number of hydrogen-bond acceptors (Lipinski definition) is 3. The molecule has 0 aliphatic carbocycles. The molecule has 94 valence electrons. The lowest BCUT2D eigenvalue weighted by Crippen LogP contribution is -2.44. The van der Waals surface area contributed by atoms with Gasteiger partial charge in [-0.25, -0.2) is 0 Å². The van der Waals surface area contributed by atoms with Crippen LogP contribution in [0.15, 0.2) is 18.2 Å². The van der Waals surface area contributed by atoms with Crippen molar-refractivity contribution in [3.05, 3.63) is 28.8 Å². The molecule has 2 N–H and O–H groups in total. The van der Waals surface area contributed by atoms with Gasteiger partial charge in [0, 0.05) is 19.1 Å². The minimum Gasteiger partial charge on any atom is -0.398 e. The Morgan fingerprint density at radius 2 is 2.35 bits per heavy atom. The molecule has 1 aliphatic rings. The summed E-state index contributed by atoms with van der Waals surface area (Å²) in [6.45, 7) is 5.76. The van der Waals surface area contributed by atoms with Gasteiger partial charge in [-0.3, -0.25) is 4.90 Å². The fourth-order valence-electron chi connectivity index (χ4n) is 2.20. The van der Waals surface area contributed by atoms with Gasteiger partial charge in [0.25, 0.3) is 0 Å². The number of benzene rings is 1. The molecule has 0 amide bonds. The first-order chi connectivity index (χ1) is 8.20. The number of nitrogen functional groups attached to an aromatic ring is 1. The molecule has 0 aromatic heterocycles. The monoisotopic (exact) mass is 254 g/mol. The van der Waals surface area contributed by atoms with Gasteiger partial charge in [0.1, 0.15) is 0 Å². The summed E-state index contributed by atoms with van der Waals surface area (Å²) in [4.78, 5) is 2.45. The van der Waals surface area contributed by atoms with E-state index in [0.717, 1.165) is 32.7 Å². The molecule has 4 heteroatoms. The first-order valence-corrected chi connectivity index (χ1v) is 6.44. The van der Waals surface area contributed by atoms with Crippen molar-refractivity contribution < 1.29 is 4.74 Å². The molecule has 17 heavy (non-hydrogen) atoms. The second-order valence-corrected chi connectivity index (χ2v) is 4.87. The minimum atomic E-state index is 0.514. The molecule has 1 saturated heterocycles. The maximum Gasteiger partial charge on any atom is 0.0635 e. The SMILES string of the molecule is CCC1COCCN1Cc1ccc(Cl)c(N)c1. The van der Waals surface area contributed by atoms with Gasteiger partial charge in [-0.05, 0) is 24.1 Å². The third-order valence-electron chi connectivity index (χ3n) is 3.27. The summed E-state index contributed by atoms with van der Waals surface area (Å²) in [5.41, 5.74) is 7.69.